The first-order valence-electron chi connectivity index (χ1n) is 7.50. The van der Waals surface area contributed by atoms with E-state index in [1.807, 2.05) is 26.0 Å². The van der Waals surface area contributed by atoms with Gasteiger partial charge in [-0.1, -0.05) is 38.1 Å². The summed E-state index contributed by atoms with van der Waals surface area (Å²) in [5, 5.41) is 2.91. The highest BCUT2D eigenvalue weighted by molar-refractivity contribution is 7.89. The van der Waals surface area contributed by atoms with E-state index in [4.69, 9.17) is 5.73 Å². The summed E-state index contributed by atoms with van der Waals surface area (Å²) in [6.07, 6.45) is 2.60. The number of halogens is 1. The van der Waals surface area contributed by atoms with Crippen LogP contribution in [0.2, 0.25) is 0 Å². The van der Waals surface area contributed by atoms with Gasteiger partial charge in [-0.05, 0) is 24.0 Å². The lowest BCUT2D eigenvalue weighted by atomic mass is 9.81. The van der Waals surface area contributed by atoms with Gasteiger partial charge in [-0.3, -0.25) is 4.79 Å². The van der Waals surface area contributed by atoms with Gasteiger partial charge in [0.1, 0.15) is 0 Å². The molecule has 0 radical (unpaired) electrons. The minimum Gasteiger partial charge on any atom is -0.352 e. The third-order valence-corrected chi connectivity index (χ3v) is 4.96. The van der Waals surface area contributed by atoms with Crippen LogP contribution in [0.3, 0.4) is 0 Å². The molecule has 7 heteroatoms. The largest absolute Gasteiger partial charge is 0.352 e. The molecule has 0 atom stereocenters. The molecule has 3 N–H and O–H groups in total. The first-order valence-corrected chi connectivity index (χ1v) is 9.56. The summed E-state index contributed by atoms with van der Waals surface area (Å²) in [5.41, 5.74) is 6.85. The van der Waals surface area contributed by atoms with Crippen molar-refractivity contribution in [3.63, 3.8) is 0 Å². The molecule has 0 spiro atoms. The van der Waals surface area contributed by atoms with Gasteiger partial charge < -0.3 is 11.1 Å². The average molecular weight is 363 g/mol. The Bertz CT molecular complexity index is 605. The molecule has 1 amide bonds. The minimum absolute atomic E-state index is 0. The van der Waals surface area contributed by atoms with E-state index in [0.717, 1.165) is 11.1 Å². The number of sulfone groups is 1. The molecule has 0 aliphatic heterocycles. The number of carbonyl (C=O) groups excluding carboxylic acids is 1. The van der Waals surface area contributed by atoms with Crippen molar-refractivity contribution in [3.8, 4) is 0 Å². The highest BCUT2D eigenvalue weighted by Gasteiger charge is 2.32. The molecule has 5 nitrogen and oxygen atoms in total. The second kappa shape index (κ2) is 9.25. The first kappa shape index (κ1) is 21.9. The van der Waals surface area contributed by atoms with Crippen LogP contribution in [0.1, 0.15) is 37.8 Å². The fraction of sp³-hybridized carbons (Fsp3) is 0.562. The van der Waals surface area contributed by atoms with E-state index < -0.39 is 15.3 Å². The maximum atomic E-state index is 12.4. The average Bonchev–Trinajstić information content (AvgIpc) is 2.46. The summed E-state index contributed by atoms with van der Waals surface area (Å²) in [7, 11) is -3.06. The fourth-order valence-electron chi connectivity index (χ4n) is 2.45. The molecule has 0 saturated heterocycles. The first-order chi connectivity index (χ1) is 10.3. The Labute approximate surface area is 145 Å². The molecule has 0 aromatic heterocycles. The number of rotatable bonds is 8. The summed E-state index contributed by atoms with van der Waals surface area (Å²) < 4.78 is 22.7. The van der Waals surface area contributed by atoms with Gasteiger partial charge >= 0.3 is 0 Å². The Kier molecular flexibility index (Phi) is 8.80. The van der Waals surface area contributed by atoms with Gasteiger partial charge in [0.25, 0.3) is 0 Å². The lowest BCUT2D eigenvalue weighted by molar-refractivity contribution is -0.131. The molecule has 0 aliphatic carbocycles. The zero-order chi connectivity index (χ0) is 16.8. The van der Waals surface area contributed by atoms with E-state index >= 15 is 0 Å². The van der Waals surface area contributed by atoms with Crippen molar-refractivity contribution in [2.75, 3.05) is 12.8 Å². The van der Waals surface area contributed by atoms with Crippen LogP contribution in [0.4, 0.5) is 0 Å². The van der Waals surface area contributed by atoms with E-state index in [1.165, 1.54) is 6.26 Å². The minimum atomic E-state index is -3.06. The van der Waals surface area contributed by atoms with Gasteiger partial charge in [-0.15, -0.1) is 12.4 Å². The van der Waals surface area contributed by atoms with E-state index in [1.54, 1.807) is 12.1 Å². The van der Waals surface area contributed by atoms with Crippen molar-refractivity contribution in [3.05, 3.63) is 35.4 Å². The van der Waals surface area contributed by atoms with Crippen molar-refractivity contribution in [2.24, 2.45) is 11.1 Å². The predicted molar refractivity (Wildman–Crippen MR) is 96.2 cm³/mol. The standard InChI is InChI=1S/C16H26N2O3S.ClH/c1-4-16(5-2,12-17)15(19)18-10-13-7-6-8-14(9-13)11-22(3,20)21;/h6-9H,4-5,10-12,17H2,1-3H3,(H,18,19);1H. The maximum absolute atomic E-state index is 12.4. The molecule has 0 saturated carbocycles. The number of hydrogen-bond acceptors (Lipinski definition) is 4. The summed E-state index contributed by atoms with van der Waals surface area (Å²) in [6.45, 7) is 4.61. The Balaban J connectivity index is 0.00000484. The van der Waals surface area contributed by atoms with E-state index in [-0.39, 0.29) is 24.1 Å². The SMILES string of the molecule is CCC(CC)(CN)C(=O)NCc1cccc(CS(C)(=O)=O)c1.Cl. The molecule has 0 bridgehead atoms. The molecule has 132 valence electrons. The molecular weight excluding hydrogens is 336 g/mol. The fourth-order valence-corrected chi connectivity index (χ4v) is 3.24. The van der Waals surface area contributed by atoms with Crippen LogP contribution >= 0.6 is 12.4 Å². The highest BCUT2D eigenvalue weighted by Crippen LogP contribution is 2.25. The van der Waals surface area contributed by atoms with Crippen molar-refractivity contribution in [1.29, 1.82) is 0 Å². The Morgan fingerprint density at radius 1 is 1.22 bits per heavy atom. The van der Waals surface area contributed by atoms with Crippen molar-refractivity contribution in [2.45, 2.75) is 39.0 Å². The van der Waals surface area contributed by atoms with Crippen molar-refractivity contribution < 1.29 is 13.2 Å². The zero-order valence-electron chi connectivity index (χ0n) is 14.0. The van der Waals surface area contributed by atoms with Crippen LogP contribution in [0.5, 0.6) is 0 Å². The summed E-state index contributed by atoms with van der Waals surface area (Å²) >= 11 is 0. The maximum Gasteiger partial charge on any atom is 0.227 e. The lowest BCUT2D eigenvalue weighted by Gasteiger charge is -2.28. The van der Waals surface area contributed by atoms with Crippen LogP contribution in [-0.2, 0) is 26.9 Å². The Morgan fingerprint density at radius 2 is 1.78 bits per heavy atom. The summed E-state index contributed by atoms with van der Waals surface area (Å²) in [4.78, 5) is 12.4. The van der Waals surface area contributed by atoms with Gasteiger partial charge in [0, 0.05) is 19.3 Å². The van der Waals surface area contributed by atoms with E-state index in [9.17, 15) is 13.2 Å². The molecule has 0 heterocycles. The number of amides is 1. The second-order valence-electron chi connectivity index (χ2n) is 5.76. The monoisotopic (exact) mass is 362 g/mol. The molecule has 0 unspecified atom stereocenters. The van der Waals surface area contributed by atoms with E-state index in [2.05, 4.69) is 5.32 Å². The molecule has 0 fully saturated rings. The van der Waals surface area contributed by atoms with Crippen LogP contribution in [0.15, 0.2) is 24.3 Å². The van der Waals surface area contributed by atoms with E-state index in [0.29, 0.717) is 25.9 Å². The predicted octanol–water partition coefficient (Wildman–Crippen LogP) is 2.03. The van der Waals surface area contributed by atoms with Crippen LogP contribution in [0.25, 0.3) is 0 Å². The smallest absolute Gasteiger partial charge is 0.227 e. The van der Waals surface area contributed by atoms with Gasteiger partial charge in [-0.2, -0.15) is 0 Å². The summed E-state index contributed by atoms with van der Waals surface area (Å²) in [6, 6.07) is 7.25. The number of nitrogens with two attached hydrogens (primary N) is 1. The number of hydrogen-bond donors (Lipinski definition) is 2. The van der Waals surface area contributed by atoms with Gasteiger partial charge in [0.05, 0.1) is 11.2 Å². The normalized spacial score (nSPS) is 11.7. The molecule has 1 rings (SSSR count). The zero-order valence-corrected chi connectivity index (χ0v) is 15.6. The highest BCUT2D eigenvalue weighted by atomic mass is 35.5. The van der Waals surface area contributed by atoms with Crippen LogP contribution in [-0.4, -0.2) is 27.1 Å². The molecule has 0 aliphatic rings. The van der Waals surface area contributed by atoms with Gasteiger partial charge in [0.2, 0.25) is 5.91 Å². The number of nitrogens with one attached hydrogen (secondary N) is 1. The third kappa shape index (κ3) is 6.49. The topological polar surface area (TPSA) is 89.3 Å². The third-order valence-electron chi connectivity index (χ3n) is 4.10. The molecule has 1 aromatic carbocycles. The molecular formula is C16H27ClN2O3S. The van der Waals surface area contributed by atoms with Crippen LogP contribution in [0, 0.1) is 5.41 Å². The quantitative estimate of drug-likeness (QED) is 0.740. The van der Waals surface area contributed by atoms with Crippen LogP contribution < -0.4 is 11.1 Å². The Morgan fingerprint density at radius 3 is 2.26 bits per heavy atom. The number of benzene rings is 1. The number of carbonyl (C=O) groups is 1. The van der Waals surface area contributed by atoms with Crippen molar-refractivity contribution in [1.82, 2.24) is 5.32 Å². The lowest BCUT2D eigenvalue weighted by Crippen LogP contribution is -2.45. The van der Waals surface area contributed by atoms with Gasteiger partial charge in [-0.25, -0.2) is 8.42 Å². The molecule has 23 heavy (non-hydrogen) atoms. The second-order valence-corrected chi connectivity index (χ2v) is 7.90. The summed E-state index contributed by atoms with van der Waals surface area (Å²) in [5.74, 6) is -0.0423. The van der Waals surface area contributed by atoms with Crippen molar-refractivity contribution >= 4 is 28.2 Å². The van der Waals surface area contributed by atoms with Gasteiger partial charge in [0.15, 0.2) is 9.84 Å². The molecule has 1 aromatic rings. The Hall–Kier alpha value is -1.11.